The first-order valence-corrected chi connectivity index (χ1v) is 5.43. The minimum Gasteiger partial charge on any atom is -0.493 e. The van der Waals surface area contributed by atoms with Crippen molar-refractivity contribution in [2.45, 2.75) is 6.42 Å². The third kappa shape index (κ3) is 5.28. The zero-order chi connectivity index (χ0) is 12.5. The molecule has 17 heavy (non-hydrogen) atoms. The Kier molecular flexibility index (Phi) is 5.98. The maximum absolute atomic E-state index is 10.5. The van der Waals surface area contributed by atoms with Gasteiger partial charge in [-0.2, -0.15) is 0 Å². The SMILES string of the molecule is O=[N+]([O-])c1cccc(OCCCNCCO)c1. The summed E-state index contributed by atoms with van der Waals surface area (Å²) >= 11 is 0. The lowest BCUT2D eigenvalue weighted by Gasteiger charge is -2.06. The predicted octanol–water partition coefficient (Wildman–Crippen LogP) is 0.946. The van der Waals surface area contributed by atoms with Crippen LogP contribution < -0.4 is 10.1 Å². The van der Waals surface area contributed by atoms with Crippen molar-refractivity contribution in [3.05, 3.63) is 34.4 Å². The summed E-state index contributed by atoms with van der Waals surface area (Å²) in [6, 6.07) is 6.11. The number of rotatable bonds is 8. The molecule has 94 valence electrons. The fourth-order valence-electron chi connectivity index (χ4n) is 1.28. The molecular weight excluding hydrogens is 224 g/mol. The highest BCUT2D eigenvalue weighted by molar-refractivity contribution is 5.37. The van der Waals surface area contributed by atoms with Crippen molar-refractivity contribution in [3.63, 3.8) is 0 Å². The van der Waals surface area contributed by atoms with E-state index in [2.05, 4.69) is 5.32 Å². The molecule has 0 fully saturated rings. The highest BCUT2D eigenvalue weighted by Crippen LogP contribution is 2.18. The molecule has 0 radical (unpaired) electrons. The van der Waals surface area contributed by atoms with Crippen LogP contribution in [0.5, 0.6) is 5.75 Å². The number of aliphatic hydroxyl groups excluding tert-OH is 1. The Labute approximate surface area is 99.4 Å². The maximum atomic E-state index is 10.5. The molecule has 6 nitrogen and oxygen atoms in total. The number of nitro benzene ring substituents is 1. The summed E-state index contributed by atoms with van der Waals surface area (Å²) in [6.07, 6.45) is 0.780. The molecule has 0 aliphatic rings. The number of nitrogens with one attached hydrogen (secondary N) is 1. The van der Waals surface area contributed by atoms with Crippen LogP contribution in [0.25, 0.3) is 0 Å². The Balaban J connectivity index is 2.27. The Morgan fingerprint density at radius 3 is 2.94 bits per heavy atom. The van der Waals surface area contributed by atoms with Crippen molar-refractivity contribution in [1.29, 1.82) is 0 Å². The average Bonchev–Trinajstić information content (AvgIpc) is 2.34. The van der Waals surface area contributed by atoms with Crippen LogP contribution in [-0.4, -0.2) is 36.3 Å². The molecule has 0 atom stereocenters. The van der Waals surface area contributed by atoms with Crippen molar-refractivity contribution in [1.82, 2.24) is 5.32 Å². The summed E-state index contributed by atoms with van der Waals surface area (Å²) in [7, 11) is 0. The Bertz CT molecular complexity index is 357. The van der Waals surface area contributed by atoms with E-state index in [0.717, 1.165) is 13.0 Å². The number of hydrogen-bond donors (Lipinski definition) is 2. The minimum absolute atomic E-state index is 0.0286. The largest absolute Gasteiger partial charge is 0.493 e. The van der Waals surface area contributed by atoms with Gasteiger partial charge in [-0.25, -0.2) is 0 Å². The zero-order valence-electron chi connectivity index (χ0n) is 9.46. The van der Waals surface area contributed by atoms with Gasteiger partial charge in [-0.3, -0.25) is 10.1 Å². The van der Waals surface area contributed by atoms with Gasteiger partial charge >= 0.3 is 0 Å². The van der Waals surface area contributed by atoms with E-state index < -0.39 is 4.92 Å². The van der Waals surface area contributed by atoms with E-state index in [9.17, 15) is 10.1 Å². The van der Waals surface area contributed by atoms with Gasteiger partial charge < -0.3 is 15.2 Å². The van der Waals surface area contributed by atoms with E-state index >= 15 is 0 Å². The highest BCUT2D eigenvalue weighted by atomic mass is 16.6. The number of nitrogens with zero attached hydrogens (tertiary/aromatic N) is 1. The smallest absolute Gasteiger partial charge is 0.273 e. The van der Waals surface area contributed by atoms with Gasteiger partial charge in [-0.05, 0) is 19.0 Å². The van der Waals surface area contributed by atoms with Gasteiger partial charge in [0.05, 0.1) is 24.2 Å². The van der Waals surface area contributed by atoms with E-state index in [0.29, 0.717) is 18.9 Å². The van der Waals surface area contributed by atoms with Crippen LogP contribution in [0.1, 0.15) is 6.42 Å². The van der Waals surface area contributed by atoms with Crippen LogP contribution in [0.15, 0.2) is 24.3 Å². The summed E-state index contributed by atoms with van der Waals surface area (Å²) in [5.74, 6) is 0.501. The van der Waals surface area contributed by atoms with Crippen molar-refractivity contribution < 1.29 is 14.8 Å². The molecule has 1 aromatic carbocycles. The van der Waals surface area contributed by atoms with Crippen LogP contribution in [0.4, 0.5) is 5.69 Å². The topological polar surface area (TPSA) is 84.6 Å². The highest BCUT2D eigenvalue weighted by Gasteiger charge is 2.05. The number of aliphatic hydroxyl groups is 1. The second kappa shape index (κ2) is 7.59. The molecular formula is C11H16N2O4. The molecule has 0 aliphatic carbocycles. The number of ether oxygens (including phenoxy) is 1. The third-order valence-corrected chi connectivity index (χ3v) is 2.08. The van der Waals surface area contributed by atoms with Crippen molar-refractivity contribution in [2.75, 3.05) is 26.3 Å². The molecule has 0 saturated carbocycles. The van der Waals surface area contributed by atoms with Crippen LogP contribution in [0.3, 0.4) is 0 Å². The van der Waals surface area contributed by atoms with E-state index in [1.54, 1.807) is 12.1 Å². The Hall–Kier alpha value is -1.66. The Morgan fingerprint density at radius 2 is 2.24 bits per heavy atom. The first kappa shape index (κ1) is 13.4. The van der Waals surface area contributed by atoms with Gasteiger partial charge in [-0.1, -0.05) is 6.07 Å². The number of nitro groups is 1. The lowest BCUT2D eigenvalue weighted by Crippen LogP contribution is -2.20. The van der Waals surface area contributed by atoms with Crippen molar-refractivity contribution in [3.8, 4) is 5.75 Å². The quantitative estimate of drug-likeness (QED) is 0.401. The predicted molar refractivity (Wildman–Crippen MR) is 63.2 cm³/mol. The molecule has 0 bridgehead atoms. The molecule has 0 spiro atoms. The van der Waals surface area contributed by atoms with E-state index in [1.165, 1.54) is 12.1 Å². The average molecular weight is 240 g/mol. The summed E-state index contributed by atoms with van der Waals surface area (Å²) in [5, 5.41) is 22.1. The van der Waals surface area contributed by atoms with Crippen molar-refractivity contribution >= 4 is 5.69 Å². The fourth-order valence-corrected chi connectivity index (χ4v) is 1.28. The monoisotopic (exact) mass is 240 g/mol. The lowest BCUT2D eigenvalue weighted by molar-refractivity contribution is -0.384. The van der Waals surface area contributed by atoms with Crippen LogP contribution >= 0.6 is 0 Å². The molecule has 0 amide bonds. The molecule has 0 aliphatic heterocycles. The maximum Gasteiger partial charge on any atom is 0.273 e. The van der Waals surface area contributed by atoms with Gasteiger partial charge in [0, 0.05) is 12.6 Å². The molecule has 0 unspecified atom stereocenters. The summed E-state index contributed by atoms with van der Waals surface area (Å²) in [5.41, 5.74) is 0.0286. The van der Waals surface area contributed by atoms with Gasteiger partial charge in [0.15, 0.2) is 0 Å². The van der Waals surface area contributed by atoms with E-state index in [4.69, 9.17) is 9.84 Å². The number of non-ortho nitro benzene ring substituents is 1. The standard InChI is InChI=1S/C11H16N2O4/c14-7-6-12-5-2-8-17-11-4-1-3-10(9-11)13(15)16/h1,3-4,9,12,14H,2,5-8H2. The first-order chi connectivity index (χ1) is 8.24. The molecule has 1 aromatic rings. The van der Waals surface area contributed by atoms with Crippen molar-refractivity contribution in [2.24, 2.45) is 0 Å². The van der Waals surface area contributed by atoms with Crippen LogP contribution in [0.2, 0.25) is 0 Å². The normalized spacial score (nSPS) is 10.2. The fraction of sp³-hybridized carbons (Fsp3) is 0.455. The summed E-state index contributed by atoms with van der Waals surface area (Å²) in [4.78, 5) is 10.1. The molecule has 0 heterocycles. The second-order valence-corrected chi connectivity index (χ2v) is 3.43. The van der Waals surface area contributed by atoms with Gasteiger partial charge in [0.2, 0.25) is 0 Å². The molecule has 6 heteroatoms. The van der Waals surface area contributed by atoms with Gasteiger partial charge in [-0.15, -0.1) is 0 Å². The van der Waals surface area contributed by atoms with Crippen LogP contribution in [0, 0.1) is 10.1 Å². The van der Waals surface area contributed by atoms with E-state index in [1.807, 2.05) is 0 Å². The van der Waals surface area contributed by atoms with E-state index in [-0.39, 0.29) is 12.3 Å². The molecule has 0 aromatic heterocycles. The molecule has 0 saturated heterocycles. The number of hydrogen-bond acceptors (Lipinski definition) is 5. The Morgan fingerprint density at radius 1 is 1.41 bits per heavy atom. The minimum atomic E-state index is -0.449. The third-order valence-electron chi connectivity index (χ3n) is 2.08. The second-order valence-electron chi connectivity index (χ2n) is 3.43. The lowest BCUT2D eigenvalue weighted by atomic mass is 10.3. The molecule has 1 rings (SSSR count). The van der Waals surface area contributed by atoms with Gasteiger partial charge in [0.25, 0.3) is 5.69 Å². The zero-order valence-corrected chi connectivity index (χ0v) is 9.46. The summed E-state index contributed by atoms with van der Waals surface area (Å²) < 4.78 is 5.37. The first-order valence-electron chi connectivity index (χ1n) is 5.43. The van der Waals surface area contributed by atoms with Gasteiger partial charge in [0.1, 0.15) is 5.75 Å². The molecule has 2 N–H and O–H groups in total. The number of benzene rings is 1. The van der Waals surface area contributed by atoms with Crippen LogP contribution in [-0.2, 0) is 0 Å². The summed E-state index contributed by atoms with van der Waals surface area (Å²) in [6.45, 7) is 1.91.